The van der Waals surface area contributed by atoms with E-state index in [0.717, 1.165) is 18.4 Å². The molecule has 4 heteroatoms. The minimum absolute atomic E-state index is 0.0962. The molecule has 0 aromatic heterocycles. The van der Waals surface area contributed by atoms with Crippen LogP contribution >= 0.6 is 11.6 Å². The molecule has 3 nitrogen and oxygen atoms in total. The highest BCUT2D eigenvalue weighted by Crippen LogP contribution is 2.37. The molecule has 0 unspecified atom stereocenters. The molecule has 1 N–H and O–H groups in total. The second-order valence-corrected chi connectivity index (χ2v) is 6.14. The third-order valence-electron chi connectivity index (χ3n) is 4.18. The lowest BCUT2D eigenvalue weighted by molar-refractivity contribution is 0.0741. The van der Waals surface area contributed by atoms with Crippen LogP contribution in [0.3, 0.4) is 0 Å². The fourth-order valence-corrected chi connectivity index (χ4v) is 3.20. The van der Waals surface area contributed by atoms with Crippen LogP contribution < -0.4 is 5.32 Å². The fraction of sp³-hybridized carbons (Fsp3) is 0.562. The Morgan fingerprint density at radius 1 is 1.40 bits per heavy atom. The van der Waals surface area contributed by atoms with E-state index in [-0.39, 0.29) is 11.3 Å². The quantitative estimate of drug-likeness (QED) is 0.901. The molecule has 1 fully saturated rings. The van der Waals surface area contributed by atoms with Crippen molar-refractivity contribution in [3.63, 3.8) is 0 Å². The van der Waals surface area contributed by atoms with Crippen molar-refractivity contribution in [3.05, 3.63) is 34.3 Å². The van der Waals surface area contributed by atoms with E-state index in [2.05, 4.69) is 5.32 Å². The molecule has 20 heavy (non-hydrogen) atoms. The average molecular weight is 296 g/mol. The van der Waals surface area contributed by atoms with Crippen LogP contribution in [0.1, 0.15) is 41.6 Å². The number of methoxy groups -OCH3 is 1. The molecule has 0 atom stereocenters. The van der Waals surface area contributed by atoms with Crippen molar-refractivity contribution in [2.24, 2.45) is 5.41 Å². The first-order valence-corrected chi connectivity index (χ1v) is 7.48. The summed E-state index contributed by atoms with van der Waals surface area (Å²) in [7, 11) is 1.72. The summed E-state index contributed by atoms with van der Waals surface area (Å²) >= 11 is 6.19. The van der Waals surface area contributed by atoms with Crippen LogP contribution in [0.15, 0.2) is 18.2 Å². The maximum Gasteiger partial charge on any atom is 0.252 e. The first-order chi connectivity index (χ1) is 9.58. The summed E-state index contributed by atoms with van der Waals surface area (Å²) < 4.78 is 5.33. The number of halogens is 1. The molecule has 1 aliphatic carbocycles. The van der Waals surface area contributed by atoms with Crippen molar-refractivity contribution in [1.29, 1.82) is 0 Å². The molecule has 0 spiro atoms. The molecule has 1 amide bonds. The Kier molecular flexibility index (Phi) is 5.06. The highest BCUT2D eigenvalue weighted by atomic mass is 35.5. The second-order valence-electron chi connectivity index (χ2n) is 5.76. The number of nitrogens with one attached hydrogen (secondary N) is 1. The summed E-state index contributed by atoms with van der Waals surface area (Å²) in [6, 6.07) is 5.53. The van der Waals surface area contributed by atoms with Gasteiger partial charge in [0.15, 0.2) is 0 Å². The number of carbonyl (C=O) groups excluding carboxylic acids is 1. The fourth-order valence-electron chi connectivity index (χ4n) is 2.99. The van der Waals surface area contributed by atoms with Crippen LogP contribution in [0, 0.1) is 12.3 Å². The van der Waals surface area contributed by atoms with E-state index in [1.165, 1.54) is 12.8 Å². The Morgan fingerprint density at radius 2 is 2.10 bits per heavy atom. The number of ether oxygens (including phenoxy) is 1. The smallest absolute Gasteiger partial charge is 0.252 e. The van der Waals surface area contributed by atoms with Gasteiger partial charge in [0.1, 0.15) is 0 Å². The highest BCUT2D eigenvalue weighted by Gasteiger charge is 2.34. The van der Waals surface area contributed by atoms with Gasteiger partial charge in [0.05, 0.1) is 17.2 Å². The van der Waals surface area contributed by atoms with Gasteiger partial charge in [-0.1, -0.05) is 36.6 Å². The molecule has 0 saturated heterocycles. The maximum absolute atomic E-state index is 12.3. The number of carbonyl (C=O) groups is 1. The average Bonchev–Trinajstić information content (AvgIpc) is 2.89. The van der Waals surface area contributed by atoms with Gasteiger partial charge in [0.25, 0.3) is 5.91 Å². The number of aryl methyl sites for hydroxylation is 1. The number of amides is 1. The topological polar surface area (TPSA) is 38.3 Å². The Morgan fingerprint density at radius 3 is 2.75 bits per heavy atom. The summed E-state index contributed by atoms with van der Waals surface area (Å²) in [4.78, 5) is 12.3. The van der Waals surface area contributed by atoms with Gasteiger partial charge in [-0.15, -0.1) is 0 Å². The summed E-state index contributed by atoms with van der Waals surface area (Å²) in [6.45, 7) is 3.27. The van der Waals surface area contributed by atoms with Crippen molar-refractivity contribution in [2.45, 2.75) is 32.6 Å². The van der Waals surface area contributed by atoms with E-state index < -0.39 is 0 Å². The Bertz CT molecular complexity index is 481. The first-order valence-electron chi connectivity index (χ1n) is 7.10. The van der Waals surface area contributed by atoms with Gasteiger partial charge in [-0.3, -0.25) is 4.79 Å². The molecular weight excluding hydrogens is 274 g/mol. The molecule has 1 aromatic carbocycles. The molecule has 0 aliphatic heterocycles. The zero-order valence-corrected chi connectivity index (χ0v) is 12.9. The number of hydrogen-bond donors (Lipinski definition) is 1. The Balaban J connectivity index is 2.02. The van der Waals surface area contributed by atoms with Crippen molar-refractivity contribution in [1.82, 2.24) is 5.32 Å². The molecule has 0 radical (unpaired) electrons. The van der Waals surface area contributed by atoms with E-state index in [0.29, 0.717) is 23.7 Å². The molecular formula is C16H22ClNO2. The van der Waals surface area contributed by atoms with Crippen molar-refractivity contribution < 1.29 is 9.53 Å². The van der Waals surface area contributed by atoms with E-state index in [4.69, 9.17) is 16.3 Å². The normalized spacial score (nSPS) is 17.1. The minimum atomic E-state index is -0.0962. The highest BCUT2D eigenvalue weighted by molar-refractivity contribution is 6.34. The predicted octanol–water partition coefficient (Wildman–Crippen LogP) is 3.59. The van der Waals surface area contributed by atoms with E-state index >= 15 is 0 Å². The van der Waals surface area contributed by atoms with Gasteiger partial charge in [-0.05, 0) is 31.4 Å². The van der Waals surface area contributed by atoms with Gasteiger partial charge in [-0.2, -0.15) is 0 Å². The zero-order valence-electron chi connectivity index (χ0n) is 12.2. The molecule has 1 aliphatic rings. The largest absolute Gasteiger partial charge is 0.384 e. The number of rotatable bonds is 5. The van der Waals surface area contributed by atoms with Crippen LogP contribution in [0.2, 0.25) is 5.02 Å². The molecule has 110 valence electrons. The van der Waals surface area contributed by atoms with Crippen molar-refractivity contribution in [2.75, 3.05) is 20.3 Å². The summed E-state index contributed by atoms with van der Waals surface area (Å²) in [5, 5.41) is 3.57. The third-order valence-corrected chi connectivity index (χ3v) is 4.68. The van der Waals surface area contributed by atoms with Gasteiger partial charge >= 0.3 is 0 Å². The predicted molar refractivity (Wildman–Crippen MR) is 81.3 cm³/mol. The minimum Gasteiger partial charge on any atom is -0.384 e. The van der Waals surface area contributed by atoms with Crippen LogP contribution in [0.25, 0.3) is 0 Å². The monoisotopic (exact) mass is 295 g/mol. The Labute approximate surface area is 125 Å². The van der Waals surface area contributed by atoms with E-state index in [1.807, 2.05) is 19.1 Å². The maximum atomic E-state index is 12.3. The lowest BCUT2D eigenvalue weighted by Crippen LogP contribution is -2.38. The van der Waals surface area contributed by atoms with Crippen LogP contribution in [0.5, 0.6) is 0 Å². The molecule has 1 aromatic rings. The van der Waals surface area contributed by atoms with Crippen LogP contribution in [-0.2, 0) is 4.74 Å². The van der Waals surface area contributed by atoms with Crippen molar-refractivity contribution >= 4 is 17.5 Å². The Hall–Kier alpha value is -1.06. The van der Waals surface area contributed by atoms with Crippen molar-refractivity contribution in [3.8, 4) is 0 Å². The van der Waals surface area contributed by atoms with Gasteiger partial charge in [0, 0.05) is 19.1 Å². The first kappa shape index (κ1) is 15.3. The van der Waals surface area contributed by atoms with E-state index in [9.17, 15) is 4.79 Å². The lowest BCUT2D eigenvalue weighted by atomic mass is 9.87. The van der Waals surface area contributed by atoms with Crippen LogP contribution in [0.4, 0.5) is 0 Å². The van der Waals surface area contributed by atoms with Gasteiger partial charge < -0.3 is 10.1 Å². The second kappa shape index (κ2) is 6.59. The molecule has 0 heterocycles. The summed E-state index contributed by atoms with van der Waals surface area (Å²) in [5.41, 5.74) is 1.57. The molecule has 0 bridgehead atoms. The van der Waals surface area contributed by atoms with Gasteiger partial charge in [-0.25, -0.2) is 0 Å². The zero-order chi connectivity index (χ0) is 14.6. The summed E-state index contributed by atoms with van der Waals surface area (Å²) in [6.07, 6.45) is 4.65. The SMILES string of the molecule is COCC1(CNC(=O)c2cccc(C)c2Cl)CCCC1. The molecule has 2 rings (SSSR count). The molecule has 1 saturated carbocycles. The number of hydrogen-bond acceptors (Lipinski definition) is 2. The van der Waals surface area contributed by atoms with E-state index in [1.54, 1.807) is 13.2 Å². The summed E-state index contributed by atoms with van der Waals surface area (Å²) in [5.74, 6) is -0.0962. The lowest BCUT2D eigenvalue weighted by Gasteiger charge is -2.28. The van der Waals surface area contributed by atoms with Gasteiger partial charge in [0.2, 0.25) is 0 Å². The third kappa shape index (κ3) is 3.33. The number of benzene rings is 1. The standard InChI is InChI=1S/C16H22ClNO2/c1-12-6-5-7-13(14(12)17)15(19)18-10-16(11-20-2)8-3-4-9-16/h5-7H,3-4,8-11H2,1-2H3,(H,18,19). The van der Waals surface area contributed by atoms with Crippen LogP contribution in [-0.4, -0.2) is 26.2 Å².